The number of ketones is 3. The van der Waals surface area contributed by atoms with E-state index in [4.69, 9.17) is 44.0 Å². The van der Waals surface area contributed by atoms with Gasteiger partial charge >= 0.3 is 0 Å². The fourth-order valence-electron chi connectivity index (χ4n) is 9.60. The topological polar surface area (TPSA) is 261 Å². The van der Waals surface area contributed by atoms with Crippen LogP contribution in [0.4, 0.5) is 0 Å². The molecular formula is C55H68ClN7O9. The smallest absolute Gasteiger partial charge is 0.240 e. The number of carbonyl (C=O) groups excluding carboxylic acids is 7. The number of primary amides is 1. The van der Waals surface area contributed by atoms with E-state index in [0.717, 1.165) is 11.1 Å². The molecule has 4 amide bonds. The number of amides is 4. The number of Topliss-reactive ketones (excluding diaryl/α,β-unsaturated/α-hetero) is 3. The first-order valence-electron chi connectivity index (χ1n) is 24.8. The second kappa shape index (κ2) is 25.8. The van der Waals surface area contributed by atoms with E-state index in [0.29, 0.717) is 89.5 Å². The Hall–Kier alpha value is -6.46. The average Bonchev–Trinajstić information content (AvgIpc) is 3.88. The molecule has 0 spiro atoms. The maximum Gasteiger partial charge on any atom is 0.240 e. The van der Waals surface area contributed by atoms with E-state index in [1.54, 1.807) is 68.4 Å². The minimum Gasteiger partial charge on any atom is -0.492 e. The van der Waals surface area contributed by atoms with Gasteiger partial charge in [-0.05, 0) is 97.3 Å². The largest absolute Gasteiger partial charge is 0.492 e. The number of unbranched alkanes of at least 4 members (excludes halogenated alkanes) is 1. The van der Waals surface area contributed by atoms with Crippen LogP contribution in [-0.4, -0.2) is 109 Å². The van der Waals surface area contributed by atoms with Crippen molar-refractivity contribution in [2.45, 2.75) is 89.8 Å². The predicted molar refractivity (Wildman–Crippen MR) is 276 cm³/mol. The summed E-state index contributed by atoms with van der Waals surface area (Å²) in [6.45, 7) is 4.58. The lowest BCUT2D eigenvalue weighted by Crippen LogP contribution is -2.48. The Bertz CT molecular complexity index is 2590. The van der Waals surface area contributed by atoms with E-state index in [2.05, 4.69) is 5.32 Å². The van der Waals surface area contributed by atoms with Gasteiger partial charge in [-0.3, -0.25) is 33.6 Å². The first-order chi connectivity index (χ1) is 34.5. The molecule has 2 heterocycles. The fraction of sp³-hybridized carbons (Fsp3) is 0.436. The molecule has 6 atom stereocenters. The van der Waals surface area contributed by atoms with Crippen molar-refractivity contribution in [3.8, 4) is 33.8 Å². The van der Waals surface area contributed by atoms with Gasteiger partial charge in [-0.1, -0.05) is 80.4 Å². The molecule has 0 saturated carbocycles. The zero-order valence-corrected chi connectivity index (χ0v) is 42.2. The predicted octanol–water partition coefficient (Wildman–Crippen LogP) is 5.57. The summed E-state index contributed by atoms with van der Waals surface area (Å²) in [5.41, 5.74) is 27.6. The Morgan fingerprint density at radius 3 is 2.06 bits per heavy atom. The first kappa shape index (κ1) is 54.9. The second-order valence-electron chi connectivity index (χ2n) is 18.9. The van der Waals surface area contributed by atoms with E-state index >= 15 is 0 Å². The van der Waals surface area contributed by atoms with Crippen molar-refractivity contribution in [3.63, 3.8) is 0 Å². The van der Waals surface area contributed by atoms with Gasteiger partial charge in [0.1, 0.15) is 36.8 Å². The normalized spacial score (nSPS) is 18.8. The van der Waals surface area contributed by atoms with Crippen LogP contribution in [0.3, 0.4) is 0 Å². The molecule has 2 aliphatic rings. The number of ether oxygens (including phenoxy) is 2. The summed E-state index contributed by atoms with van der Waals surface area (Å²) in [6, 6.07) is 21.8. The van der Waals surface area contributed by atoms with Crippen LogP contribution in [0, 0.1) is 17.8 Å². The third kappa shape index (κ3) is 13.7. The third-order valence-corrected chi connectivity index (χ3v) is 13.8. The van der Waals surface area contributed by atoms with Gasteiger partial charge in [-0.15, -0.1) is 0 Å². The van der Waals surface area contributed by atoms with Crippen LogP contribution in [0.5, 0.6) is 11.5 Å². The molecule has 72 heavy (non-hydrogen) atoms. The van der Waals surface area contributed by atoms with Gasteiger partial charge in [0.05, 0.1) is 6.04 Å². The Balaban J connectivity index is 1.38. The van der Waals surface area contributed by atoms with Crippen LogP contribution < -0.4 is 37.7 Å². The maximum atomic E-state index is 15.0. The number of fused-ring (bicyclic) bond motifs is 5. The quantitative estimate of drug-likeness (QED) is 0.0507. The van der Waals surface area contributed by atoms with E-state index < -0.39 is 65.2 Å². The minimum absolute atomic E-state index is 0.0131. The first-order valence-corrected chi connectivity index (χ1v) is 25.2. The second-order valence-corrected chi connectivity index (χ2v) is 19.3. The Labute approximate surface area is 426 Å². The van der Waals surface area contributed by atoms with Gasteiger partial charge in [0.25, 0.3) is 0 Å². The van der Waals surface area contributed by atoms with E-state index in [1.807, 2.05) is 30.3 Å². The summed E-state index contributed by atoms with van der Waals surface area (Å²) in [6.07, 6.45) is 1.83. The molecule has 6 rings (SSSR count). The maximum absolute atomic E-state index is 15.0. The summed E-state index contributed by atoms with van der Waals surface area (Å²) < 4.78 is 12.4. The van der Waals surface area contributed by atoms with E-state index in [-0.39, 0.29) is 63.7 Å². The number of carbonyl (C=O) groups is 7. The van der Waals surface area contributed by atoms with Crippen LogP contribution in [0.2, 0.25) is 5.02 Å². The molecule has 0 radical (unpaired) electrons. The third-order valence-electron chi connectivity index (χ3n) is 13.5. The number of hydrogen-bond acceptors (Lipinski definition) is 12. The number of likely N-dealkylation sites (N-methyl/N-ethyl adjacent to an activating group) is 1. The molecule has 17 heteroatoms. The Kier molecular flexibility index (Phi) is 19.6. The summed E-state index contributed by atoms with van der Waals surface area (Å²) in [5.74, 6) is -5.01. The van der Waals surface area contributed by atoms with E-state index in [1.165, 1.54) is 16.8 Å². The molecule has 0 unspecified atom stereocenters. The molecule has 1 saturated heterocycles. The van der Waals surface area contributed by atoms with Crippen molar-refractivity contribution >= 4 is 52.6 Å². The molecule has 2 aliphatic heterocycles. The van der Waals surface area contributed by atoms with Crippen molar-refractivity contribution in [1.29, 1.82) is 0 Å². The van der Waals surface area contributed by atoms with Gasteiger partial charge in [0.15, 0.2) is 17.3 Å². The van der Waals surface area contributed by atoms with Gasteiger partial charge in [-0.25, -0.2) is 0 Å². The Morgan fingerprint density at radius 1 is 0.806 bits per heavy atom. The van der Waals surface area contributed by atoms with Crippen LogP contribution in [0.25, 0.3) is 22.3 Å². The number of benzene rings is 4. The van der Waals surface area contributed by atoms with Gasteiger partial charge < -0.3 is 47.5 Å². The zero-order chi connectivity index (χ0) is 52.1. The lowest BCUT2D eigenvalue weighted by atomic mass is 9.87. The molecule has 4 aromatic carbocycles. The monoisotopic (exact) mass is 1010 g/mol. The highest BCUT2D eigenvalue weighted by Gasteiger charge is 2.38. The number of halogens is 1. The number of likely N-dealkylation sites (tertiary alicyclic amines) is 1. The Morgan fingerprint density at radius 2 is 1.43 bits per heavy atom. The summed E-state index contributed by atoms with van der Waals surface area (Å²) in [4.78, 5) is 101. The number of rotatable bonds is 21. The number of nitrogens with zero attached hydrogens (tertiary/aromatic N) is 2. The molecule has 1 fully saturated rings. The van der Waals surface area contributed by atoms with Crippen LogP contribution in [-0.2, 0) is 35.2 Å². The number of nitrogens with one attached hydrogen (secondary N) is 1. The van der Waals surface area contributed by atoms with Crippen molar-refractivity contribution < 1.29 is 43.0 Å². The summed E-state index contributed by atoms with van der Waals surface area (Å²) >= 11 is 6.10. The van der Waals surface area contributed by atoms with Crippen molar-refractivity contribution in [2.24, 2.45) is 40.7 Å². The lowest BCUT2D eigenvalue weighted by Gasteiger charge is -2.32. The average molecular weight is 1010 g/mol. The standard InChI is InChI=1S/C55H68ClN7O9/c1-33-27-48(66)51(62(3)55(70)40(7-4-5-21-57)32-46(64)38-12-10-36(11-13-38)37-14-17-41(56)18-15-37)39-16-20-50(72-26-23-59)43(31-39)42-29-35(9-19-49(42)71-25-22-58)30-44(61-53(33)68)47(65)28-34(2)54(69)63-24-6-8-45(63)52(60)67/h9-20,29,31,33-34,40,44-45,51H,4-8,21-28,30,32,57-59H2,1-3H3,(H2,60,67)(H,61,68)/t33-,34-,40-,44+,45+,51+/m1/s1. The molecular weight excluding hydrogens is 938 g/mol. The van der Waals surface area contributed by atoms with Crippen molar-refractivity contribution in [2.75, 3.05) is 46.4 Å². The van der Waals surface area contributed by atoms with Crippen molar-refractivity contribution in [3.05, 3.63) is 107 Å². The van der Waals surface area contributed by atoms with E-state index in [9.17, 15) is 33.6 Å². The molecule has 4 aromatic rings. The highest BCUT2D eigenvalue weighted by atomic mass is 35.5. The highest BCUT2D eigenvalue weighted by molar-refractivity contribution is 6.30. The molecule has 0 aromatic heterocycles. The zero-order valence-electron chi connectivity index (χ0n) is 41.4. The van der Waals surface area contributed by atoms with Crippen LogP contribution in [0.1, 0.15) is 92.7 Å². The van der Waals surface area contributed by atoms with Crippen molar-refractivity contribution in [1.82, 2.24) is 15.1 Å². The van der Waals surface area contributed by atoms with Crippen LogP contribution >= 0.6 is 11.6 Å². The van der Waals surface area contributed by atoms with Gasteiger partial charge in [0, 0.05) is 85.4 Å². The summed E-state index contributed by atoms with van der Waals surface area (Å²) in [7, 11) is 1.53. The molecule has 16 nitrogen and oxygen atoms in total. The molecule has 9 N–H and O–H groups in total. The van der Waals surface area contributed by atoms with Crippen LogP contribution in [0.15, 0.2) is 84.9 Å². The minimum atomic E-state index is -1.25. The molecule has 384 valence electrons. The highest BCUT2D eigenvalue weighted by Crippen LogP contribution is 2.41. The molecule has 0 aliphatic carbocycles. The number of hydrogen-bond donors (Lipinski definition) is 5. The SMILES string of the molecule is C[C@@H]1CC(=O)[C@@H](N(C)C(=O)[C@H](CCCCN)CC(=O)c2ccc(-c3ccc(Cl)cc3)cc2)c2ccc(OCCN)c(c2)-c2cc(ccc2OCCN)C[C@@H](C(=O)C[C@@H](C)C(=O)N2CCC[C@H]2C(N)=O)NC1=O. The lowest BCUT2D eigenvalue weighted by molar-refractivity contribution is -0.142. The number of nitrogens with two attached hydrogens (primary N) is 4. The molecule has 4 bridgehead atoms. The summed E-state index contributed by atoms with van der Waals surface area (Å²) in [5, 5.41) is 3.50. The van der Waals surface area contributed by atoms with Gasteiger partial charge in [0.2, 0.25) is 23.6 Å². The fourth-order valence-corrected chi connectivity index (χ4v) is 9.72. The van der Waals surface area contributed by atoms with Gasteiger partial charge in [-0.2, -0.15) is 0 Å².